The van der Waals surface area contributed by atoms with Crippen LogP contribution in [0.3, 0.4) is 0 Å². The Labute approximate surface area is 146 Å². The number of hydrazone groups is 2. The SMILES string of the molecule is CC1(C)OC(=O)C(=C2NN=C(N/N=C/c3ccccc3O)S2)C(=O)O1. The van der Waals surface area contributed by atoms with Gasteiger partial charge in [-0.1, -0.05) is 12.1 Å². The Morgan fingerprint density at radius 3 is 2.64 bits per heavy atom. The molecule has 0 aliphatic carbocycles. The number of ether oxygens (including phenoxy) is 2. The van der Waals surface area contributed by atoms with Gasteiger partial charge in [0, 0.05) is 19.4 Å². The number of phenolic OH excluding ortho intramolecular Hbond substituents is 1. The number of thioether (sulfide) groups is 1. The van der Waals surface area contributed by atoms with Gasteiger partial charge in [-0.05, 0) is 23.9 Å². The van der Waals surface area contributed by atoms with E-state index in [1.807, 2.05) is 0 Å². The van der Waals surface area contributed by atoms with E-state index in [0.29, 0.717) is 10.7 Å². The molecule has 25 heavy (non-hydrogen) atoms. The molecule has 2 aliphatic rings. The van der Waals surface area contributed by atoms with Gasteiger partial charge in [-0.15, -0.1) is 5.10 Å². The molecule has 1 aromatic carbocycles. The smallest absolute Gasteiger partial charge is 0.351 e. The van der Waals surface area contributed by atoms with E-state index in [1.165, 1.54) is 26.1 Å². The van der Waals surface area contributed by atoms with Crippen molar-refractivity contribution in [2.45, 2.75) is 19.6 Å². The fourth-order valence-electron chi connectivity index (χ4n) is 1.99. The second kappa shape index (κ2) is 6.48. The van der Waals surface area contributed by atoms with E-state index in [4.69, 9.17) is 9.47 Å². The maximum atomic E-state index is 12.0. The highest BCUT2D eigenvalue weighted by atomic mass is 32.2. The number of para-hydroxylation sites is 1. The van der Waals surface area contributed by atoms with Crippen LogP contribution in [0, 0.1) is 0 Å². The van der Waals surface area contributed by atoms with Crippen molar-refractivity contribution in [3.8, 4) is 5.75 Å². The Morgan fingerprint density at radius 2 is 1.96 bits per heavy atom. The molecule has 3 rings (SSSR count). The number of carbonyl (C=O) groups excluding carboxylic acids is 2. The van der Waals surface area contributed by atoms with E-state index in [1.54, 1.807) is 18.2 Å². The molecule has 3 N–H and O–H groups in total. The zero-order valence-corrected chi connectivity index (χ0v) is 14.1. The van der Waals surface area contributed by atoms with Gasteiger partial charge in [0.25, 0.3) is 5.79 Å². The second-order valence-corrected chi connectivity index (χ2v) is 6.44. The summed E-state index contributed by atoms with van der Waals surface area (Å²) in [5.74, 6) is -2.79. The van der Waals surface area contributed by atoms with Crippen LogP contribution < -0.4 is 10.9 Å². The standard InChI is InChI=1S/C15H14N4O5S/c1-15(2)23-12(21)10(13(22)24-15)11-17-19-14(25-11)18-16-7-8-5-3-4-6-9(8)20/h3-7,17,20H,1-2H3,(H,18,19)/b16-7+. The normalized spacial score (nSPS) is 19.4. The number of cyclic esters (lactones) is 2. The van der Waals surface area contributed by atoms with Crippen molar-refractivity contribution in [1.29, 1.82) is 0 Å². The number of nitrogens with one attached hydrogen (secondary N) is 2. The van der Waals surface area contributed by atoms with E-state index < -0.39 is 17.7 Å². The summed E-state index contributed by atoms with van der Waals surface area (Å²) in [6.45, 7) is 2.94. The molecule has 1 fully saturated rings. The van der Waals surface area contributed by atoms with Gasteiger partial charge in [0.05, 0.1) is 6.21 Å². The highest BCUT2D eigenvalue weighted by Gasteiger charge is 2.42. The molecule has 1 saturated heterocycles. The van der Waals surface area contributed by atoms with Crippen molar-refractivity contribution in [2.75, 3.05) is 0 Å². The van der Waals surface area contributed by atoms with Crippen molar-refractivity contribution < 1.29 is 24.2 Å². The lowest BCUT2D eigenvalue weighted by Gasteiger charge is -2.30. The first-order valence-electron chi connectivity index (χ1n) is 7.15. The van der Waals surface area contributed by atoms with Gasteiger partial charge < -0.3 is 14.6 Å². The van der Waals surface area contributed by atoms with E-state index >= 15 is 0 Å². The average Bonchev–Trinajstić information content (AvgIpc) is 2.95. The number of aromatic hydroxyl groups is 1. The van der Waals surface area contributed by atoms with Gasteiger partial charge >= 0.3 is 11.9 Å². The topological polar surface area (TPSA) is 122 Å². The summed E-state index contributed by atoms with van der Waals surface area (Å²) in [5, 5.41) is 18.0. The third-order valence-corrected chi connectivity index (χ3v) is 3.95. The Kier molecular flexibility index (Phi) is 4.36. The summed E-state index contributed by atoms with van der Waals surface area (Å²) in [6.07, 6.45) is 1.41. The molecule has 130 valence electrons. The predicted octanol–water partition coefficient (Wildman–Crippen LogP) is 0.971. The van der Waals surface area contributed by atoms with Crippen LogP contribution in [0.4, 0.5) is 0 Å². The molecule has 0 bridgehead atoms. The van der Waals surface area contributed by atoms with Crippen molar-refractivity contribution in [3.63, 3.8) is 0 Å². The van der Waals surface area contributed by atoms with Crippen LogP contribution in [0.5, 0.6) is 5.75 Å². The molecule has 0 spiro atoms. The number of hydrogen-bond acceptors (Lipinski definition) is 10. The van der Waals surface area contributed by atoms with Gasteiger partial charge in [0.15, 0.2) is 5.57 Å². The highest BCUT2D eigenvalue weighted by molar-refractivity contribution is 8.17. The molecule has 0 saturated carbocycles. The second-order valence-electron chi connectivity index (χ2n) is 5.44. The monoisotopic (exact) mass is 362 g/mol. The molecule has 0 atom stereocenters. The van der Waals surface area contributed by atoms with Crippen LogP contribution in [-0.4, -0.2) is 34.2 Å². The molecular weight excluding hydrogens is 348 g/mol. The first kappa shape index (κ1) is 16.8. The summed E-state index contributed by atoms with van der Waals surface area (Å²) in [4.78, 5) is 24.0. The summed E-state index contributed by atoms with van der Waals surface area (Å²) in [5.41, 5.74) is 5.48. The van der Waals surface area contributed by atoms with Crippen LogP contribution in [0.1, 0.15) is 19.4 Å². The Balaban J connectivity index is 1.66. The molecule has 2 aliphatic heterocycles. The number of esters is 2. The van der Waals surface area contributed by atoms with E-state index in [9.17, 15) is 14.7 Å². The summed E-state index contributed by atoms with van der Waals surface area (Å²) in [7, 11) is 0. The van der Waals surface area contributed by atoms with Crippen LogP contribution in [0.15, 0.2) is 45.1 Å². The largest absolute Gasteiger partial charge is 0.507 e. The minimum Gasteiger partial charge on any atom is -0.507 e. The summed E-state index contributed by atoms with van der Waals surface area (Å²) >= 11 is 0.994. The number of amidine groups is 1. The molecule has 10 heteroatoms. The van der Waals surface area contributed by atoms with Crippen LogP contribution in [0.2, 0.25) is 0 Å². The van der Waals surface area contributed by atoms with Gasteiger partial charge in [0.2, 0.25) is 5.17 Å². The number of nitrogens with zero attached hydrogens (tertiary/aromatic N) is 2. The number of benzene rings is 1. The van der Waals surface area contributed by atoms with E-state index in [2.05, 4.69) is 21.1 Å². The molecule has 0 aromatic heterocycles. The maximum absolute atomic E-state index is 12.0. The van der Waals surface area contributed by atoms with Crippen molar-refractivity contribution >= 4 is 35.1 Å². The third-order valence-electron chi connectivity index (χ3n) is 3.07. The van der Waals surface area contributed by atoms with Crippen molar-refractivity contribution in [1.82, 2.24) is 10.9 Å². The highest BCUT2D eigenvalue weighted by Crippen LogP contribution is 2.30. The van der Waals surface area contributed by atoms with Crippen molar-refractivity contribution in [3.05, 3.63) is 40.4 Å². The molecule has 0 amide bonds. The lowest BCUT2D eigenvalue weighted by molar-refractivity contribution is -0.222. The van der Waals surface area contributed by atoms with Crippen molar-refractivity contribution in [2.24, 2.45) is 10.2 Å². The molecule has 0 radical (unpaired) electrons. The quantitative estimate of drug-likeness (QED) is 0.234. The summed E-state index contributed by atoms with van der Waals surface area (Å²) in [6, 6.07) is 6.68. The third kappa shape index (κ3) is 3.74. The molecule has 9 nitrogen and oxygen atoms in total. The minimum atomic E-state index is -1.30. The lowest BCUT2D eigenvalue weighted by Crippen LogP contribution is -2.42. The van der Waals surface area contributed by atoms with Crippen LogP contribution in [0.25, 0.3) is 0 Å². The number of hydrogen-bond donors (Lipinski definition) is 3. The molecule has 1 aromatic rings. The fraction of sp³-hybridized carbons (Fsp3) is 0.200. The predicted molar refractivity (Wildman–Crippen MR) is 90.3 cm³/mol. The van der Waals surface area contributed by atoms with Gasteiger partial charge in [-0.2, -0.15) is 5.10 Å². The zero-order chi connectivity index (χ0) is 18.0. The first-order valence-corrected chi connectivity index (χ1v) is 7.97. The Hall–Kier alpha value is -3.01. The minimum absolute atomic E-state index is 0.0882. The Bertz CT molecular complexity index is 809. The molecule has 0 unspecified atom stereocenters. The maximum Gasteiger partial charge on any atom is 0.351 e. The Morgan fingerprint density at radius 1 is 1.28 bits per heavy atom. The molecule has 2 heterocycles. The first-order chi connectivity index (χ1) is 11.9. The fourth-order valence-corrected chi connectivity index (χ4v) is 2.73. The zero-order valence-electron chi connectivity index (χ0n) is 13.3. The summed E-state index contributed by atoms with van der Waals surface area (Å²) < 4.78 is 10.1. The van der Waals surface area contributed by atoms with Gasteiger partial charge in [-0.3, -0.25) is 10.9 Å². The van der Waals surface area contributed by atoms with E-state index in [-0.39, 0.29) is 16.4 Å². The van der Waals surface area contributed by atoms with Crippen LogP contribution >= 0.6 is 11.8 Å². The van der Waals surface area contributed by atoms with Crippen LogP contribution in [-0.2, 0) is 19.1 Å². The lowest BCUT2D eigenvalue weighted by atomic mass is 10.2. The molecular formula is C15H14N4O5S. The van der Waals surface area contributed by atoms with Gasteiger partial charge in [0.1, 0.15) is 10.8 Å². The average molecular weight is 362 g/mol. The van der Waals surface area contributed by atoms with E-state index in [0.717, 1.165) is 11.8 Å². The van der Waals surface area contributed by atoms with Gasteiger partial charge in [-0.25, -0.2) is 9.59 Å². The number of carbonyl (C=O) groups is 2. The number of phenols is 1. The number of rotatable bonds is 2.